The maximum Gasteiger partial charge on any atom is 0.332 e. The Labute approximate surface area is 135 Å². The molecule has 0 amide bonds. The van der Waals surface area contributed by atoms with Crippen molar-refractivity contribution in [3.8, 4) is 11.4 Å². The highest BCUT2D eigenvalue weighted by molar-refractivity contribution is 5.76. The Balaban J connectivity index is 2.26. The second-order valence-corrected chi connectivity index (χ2v) is 5.42. The summed E-state index contributed by atoms with van der Waals surface area (Å²) in [5.41, 5.74) is 0.555. The number of aromatic nitrogens is 4. The van der Waals surface area contributed by atoms with Gasteiger partial charge in [-0.2, -0.15) is 0 Å². The topological polar surface area (TPSA) is 107 Å². The molecule has 1 N–H and O–H groups in total. The van der Waals surface area contributed by atoms with E-state index in [9.17, 15) is 14.4 Å². The first kappa shape index (κ1) is 15.6. The van der Waals surface area contributed by atoms with Gasteiger partial charge in [-0.15, -0.1) is 0 Å². The van der Waals surface area contributed by atoms with E-state index in [-0.39, 0.29) is 11.0 Å². The third-order valence-electron chi connectivity index (χ3n) is 3.68. The van der Waals surface area contributed by atoms with Gasteiger partial charge in [-0.3, -0.25) is 14.2 Å². The molecule has 0 spiro atoms. The van der Waals surface area contributed by atoms with Crippen molar-refractivity contribution in [2.45, 2.75) is 13.5 Å². The number of fused-ring (bicyclic) bond motifs is 1. The van der Waals surface area contributed by atoms with Crippen molar-refractivity contribution >= 4 is 17.0 Å². The molecule has 0 unspecified atom stereocenters. The molecule has 1 aromatic carbocycles. The number of carboxylic acids is 1. The number of hydrogen-bond donors (Lipinski definition) is 1. The molecule has 8 heteroatoms. The minimum absolute atomic E-state index is 0.0919. The van der Waals surface area contributed by atoms with Gasteiger partial charge in [-0.05, 0) is 6.92 Å². The number of carbonyl (C=O) groups is 1. The Morgan fingerprint density at radius 2 is 1.88 bits per heavy atom. The maximum absolute atomic E-state index is 12.3. The molecule has 0 bridgehead atoms. The molecule has 0 radical (unpaired) electrons. The van der Waals surface area contributed by atoms with Gasteiger partial charge in [0.05, 0.1) is 0 Å². The number of hydrogen-bond acceptors (Lipinski definition) is 5. The van der Waals surface area contributed by atoms with Gasteiger partial charge in [0, 0.05) is 18.8 Å². The zero-order valence-electron chi connectivity index (χ0n) is 13.1. The van der Waals surface area contributed by atoms with Gasteiger partial charge in [0.25, 0.3) is 5.56 Å². The van der Waals surface area contributed by atoms with E-state index in [1.165, 1.54) is 13.2 Å². The average molecular weight is 326 g/mol. The fourth-order valence-electron chi connectivity index (χ4n) is 2.40. The summed E-state index contributed by atoms with van der Waals surface area (Å²) in [5.74, 6) is -0.890. The van der Waals surface area contributed by atoms with Crippen LogP contribution in [0, 0.1) is 6.92 Å². The third kappa shape index (κ3) is 2.58. The lowest BCUT2D eigenvalue weighted by Crippen LogP contribution is -2.41. The van der Waals surface area contributed by atoms with Crippen molar-refractivity contribution in [1.82, 2.24) is 19.1 Å². The van der Waals surface area contributed by atoms with Crippen molar-refractivity contribution in [3.63, 3.8) is 0 Å². The highest BCUT2D eigenvalue weighted by Gasteiger charge is 2.15. The van der Waals surface area contributed by atoms with Gasteiger partial charge in [0.15, 0.2) is 11.5 Å². The standard InChI is InChI=1S/C16H14N4O4/c1-9-3-5-10(6-4-9)13-17-7-11-14(18-13)19(2)16(24)20(15(11)23)8-12(21)22/h3-7H,8H2,1-2H3,(H,21,22). The van der Waals surface area contributed by atoms with E-state index in [0.29, 0.717) is 10.4 Å². The average Bonchev–Trinajstić information content (AvgIpc) is 2.57. The number of carboxylic acid groups (broad SMARTS) is 1. The second kappa shape index (κ2) is 5.73. The van der Waals surface area contributed by atoms with Crippen LogP contribution in [0.2, 0.25) is 0 Å². The number of nitrogens with zero attached hydrogens (tertiary/aromatic N) is 4. The minimum atomic E-state index is -1.27. The van der Waals surface area contributed by atoms with Crippen LogP contribution in [0.25, 0.3) is 22.4 Å². The SMILES string of the molecule is Cc1ccc(-c2ncc3c(=O)n(CC(=O)O)c(=O)n(C)c3n2)cc1. The Bertz CT molecular complexity index is 1060. The first-order valence-electron chi connectivity index (χ1n) is 7.14. The molecule has 0 aliphatic heterocycles. The Kier molecular flexibility index (Phi) is 3.72. The van der Waals surface area contributed by atoms with Crippen LogP contribution >= 0.6 is 0 Å². The van der Waals surface area contributed by atoms with Gasteiger partial charge in [-0.25, -0.2) is 19.3 Å². The van der Waals surface area contributed by atoms with Crippen LogP contribution in [0.3, 0.4) is 0 Å². The van der Waals surface area contributed by atoms with Crippen molar-refractivity contribution in [3.05, 3.63) is 56.9 Å². The van der Waals surface area contributed by atoms with E-state index < -0.39 is 23.8 Å². The summed E-state index contributed by atoms with van der Waals surface area (Å²) >= 11 is 0. The monoisotopic (exact) mass is 326 g/mol. The molecular formula is C16H14N4O4. The summed E-state index contributed by atoms with van der Waals surface area (Å²) in [7, 11) is 1.44. The molecule has 2 aromatic heterocycles. The lowest BCUT2D eigenvalue weighted by Gasteiger charge is -2.09. The maximum atomic E-state index is 12.3. The highest BCUT2D eigenvalue weighted by atomic mass is 16.4. The van der Waals surface area contributed by atoms with Crippen LogP contribution in [0.4, 0.5) is 0 Å². The smallest absolute Gasteiger partial charge is 0.332 e. The molecule has 0 saturated heterocycles. The van der Waals surface area contributed by atoms with E-state index in [1.807, 2.05) is 31.2 Å². The molecule has 3 aromatic rings. The summed E-state index contributed by atoms with van der Waals surface area (Å²) in [5, 5.41) is 8.95. The van der Waals surface area contributed by atoms with E-state index >= 15 is 0 Å². The van der Waals surface area contributed by atoms with E-state index in [4.69, 9.17) is 5.11 Å². The van der Waals surface area contributed by atoms with Crippen molar-refractivity contribution in [2.24, 2.45) is 7.05 Å². The molecule has 3 rings (SSSR count). The summed E-state index contributed by atoms with van der Waals surface area (Å²) in [6, 6.07) is 7.51. The lowest BCUT2D eigenvalue weighted by molar-refractivity contribution is -0.137. The highest BCUT2D eigenvalue weighted by Crippen LogP contribution is 2.16. The van der Waals surface area contributed by atoms with Crippen LogP contribution in [0.15, 0.2) is 40.1 Å². The van der Waals surface area contributed by atoms with Crippen LogP contribution in [-0.2, 0) is 18.4 Å². The number of rotatable bonds is 3. The summed E-state index contributed by atoms with van der Waals surface area (Å²) in [6.45, 7) is 1.25. The molecule has 0 fully saturated rings. The zero-order chi connectivity index (χ0) is 17.4. The summed E-state index contributed by atoms with van der Waals surface area (Å²) < 4.78 is 1.80. The van der Waals surface area contributed by atoms with Gasteiger partial charge < -0.3 is 5.11 Å². The molecule has 0 saturated carbocycles. The number of aliphatic carboxylic acids is 1. The Morgan fingerprint density at radius 3 is 2.50 bits per heavy atom. The summed E-state index contributed by atoms with van der Waals surface area (Å²) in [4.78, 5) is 43.9. The fraction of sp³-hybridized carbons (Fsp3) is 0.188. The van der Waals surface area contributed by atoms with E-state index in [0.717, 1.165) is 15.7 Å². The third-order valence-corrected chi connectivity index (χ3v) is 3.68. The van der Waals surface area contributed by atoms with Crippen LogP contribution in [-0.4, -0.2) is 30.2 Å². The van der Waals surface area contributed by atoms with E-state index in [2.05, 4.69) is 9.97 Å². The molecule has 0 atom stereocenters. The molecule has 0 aliphatic carbocycles. The van der Waals surface area contributed by atoms with Gasteiger partial charge in [-0.1, -0.05) is 29.8 Å². The number of benzene rings is 1. The predicted molar refractivity (Wildman–Crippen MR) is 86.8 cm³/mol. The molecule has 8 nitrogen and oxygen atoms in total. The first-order chi connectivity index (χ1) is 11.4. The number of aryl methyl sites for hydroxylation is 2. The molecule has 2 heterocycles. The fourth-order valence-corrected chi connectivity index (χ4v) is 2.40. The minimum Gasteiger partial charge on any atom is -0.480 e. The first-order valence-corrected chi connectivity index (χ1v) is 7.14. The Morgan fingerprint density at radius 1 is 1.21 bits per heavy atom. The van der Waals surface area contributed by atoms with Gasteiger partial charge in [0.2, 0.25) is 0 Å². The largest absolute Gasteiger partial charge is 0.480 e. The molecule has 122 valence electrons. The van der Waals surface area contributed by atoms with Crippen LogP contribution in [0.1, 0.15) is 5.56 Å². The predicted octanol–water partition coefficient (Wildman–Crippen LogP) is 0.550. The van der Waals surface area contributed by atoms with Gasteiger partial charge in [0.1, 0.15) is 11.9 Å². The van der Waals surface area contributed by atoms with Crippen molar-refractivity contribution in [1.29, 1.82) is 0 Å². The zero-order valence-corrected chi connectivity index (χ0v) is 13.1. The van der Waals surface area contributed by atoms with Crippen molar-refractivity contribution in [2.75, 3.05) is 0 Å². The molecule has 24 heavy (non-hydrogen) atoms. The normalized spacial score (nSPS) is 10.9. The quantitative estimate of drug-likeness (QED) is 0.753. The van der Waals surface area contributed by atoms with E-state index in [1.54, 1.807) is 0 Å². The summed E-state index contributed by atoms with van der Waals surface area (Å²) in [6.07, 6.45) is 1.32. The Hall–Kier alpha value is -3.29. The molecular weight excluding hydrogens is 312 g/mol. The molecule has 0 aliphatic rings. The van der Waals surface area contributed by atoms with Gasteiger partial charge >= 0.3 is 11.7 Å². The lowest BCUT2D eigenvalue weighted by atomic mass is 10.1. The van der Waals surface area contributed by atoms with Crippen LogP contribution in [0.5, 0.6) is 0 Å². The van der Waals surface area contributed by atoms with Crippen molar-refractivity contribution < 1.29 is 9.90 Å². The second-order valence-electron chi connectivity index (χ2n) is 5.42. The van der Waals surface area contributed by atoms with Crippen LogP contribution < -0.4 is 11.2 Å².